The minimum atomic E-state index is -1.10. The van der Waals surface area contributed by atoms with E-state index in [1.165, 1.54) is 115 Å². The summed E-state index contributed by atoms with van der Waals surface area (Å²) in [6.07, 6.45) is 31.9. The molecule has 0 aromatic carbocycles. The molecule has 0 bridgehead atoms. The van der Waals surface area contributed by atoms with Crippen LogP contribution in [0.4, 0.5) is 0 Å². The molecule has 0 spiro atoms. The predicted molar refractivity (Wildman–Crippen MR) is 124 cm³/mol. The molecule has 0 saturated carbocycles. The van der Waals surface area contributed by atoms with Crippen molar-refractivity contribution >= 4 is 8.07 Å². The number of allylic oxidation sites excluding steroid dienone is 4. The Morgan fingerprint density at radius 3 is 1.46 bits per heavy atom. The maximum absolute atomic E-state index is 2.56. The van der Waals surface area contributed by atoms with Gasteiger partial charge < -0.3 is 0 Å². The molecule has 152 valence electrons. The van der Waals surface area contributed by atoms with Gasteiger partial charge in [0.2, 0.25) is 0 Å². The maximum Gasteiger partial charge on any atom is 0.0802 e. The standard InChI is InChI=1S/C25H48Si/c1-4-5-6-7-8-9-10-11-12-13-14-15-16-17-18-21-24-26(2,3)25-22-19-20-23-25/h19,22-23H,4-18,20-21,24H2,1-3H3. The molecule has 0 fully saturated rings. The summed E-state index contributed by atoms with van der Waals surface area (Å²) >= 11 is 0. The van der Waals surface area contributed by atoms with E-state index in [0.717, 1.165) is 0 Å². The lowest BCUT2D eigenvalue weighted by atomic mass is 10.0. The molecule has 0 radical (unpaired) electrons. The first kappa shape index (κ1) is 23.7. The first-order valence-corrected chi connectivity index (χ1v) is 15.2. The highest BCUT2D eigenvalue weighted by Crippen LogP contribution is 2.27. The molecule has 0 heterocycles. The first-order chi connectivity index (χ1) is 12.7. The van der Waals surface area contributed by atoms with Gasteiger partial charge in [0, 0.05) is 0 Å². The molecular formula is C25H48Si. The monoisotopic (exact) mass is 376 g/mol. The van der Waals surface area contributed by atoms with Crippen molar-refractivity contribution in [2.24, 2.45) is 0 Å². The highest BCUT2D eigenvalue weighted by atomic mass is 28.3. The average molecular weight is 377 g/mol. The summed E-state index contributed by atoms with van der Waals surface area (Å²) in [6, 6.07) is 1.49. The lowest BCUT2D eigenvalue weighted by Gasteiger charge is -2.23. The zero-order valence-electron chi connectivity index (χ0n) is 18.5. The number of hydrogen-bond acceptors (Lipinski definition) is 0. The zero-order valence-corrected chi connectivity index (χ0v) is 19.5. The van der Waals surface area contributed by atoms with Crippen LogP contribution in [-0.4, -0.2) is 8.07 Å². The molecule has 1 aliphatic rings. The first-order valence-electron chi connectivity index (χ1n) is 12.0. The lowest BCUT2D eigenvalue weighted by molar-refractivity contribution is 0.531. The molecule has 0 aromatic heterocycles. The van der Waals surface area contributed by atoms with E-state index in [-0.39, 0.29) is 0 Å². The van der Waals surface area contributed by atoms with Crippen molar-refractivity contribution in [1.82, 2.24) is 0 Å². The molecule has 1 heteroatoms. The van der Waals surface area contributed by atoms with Gasteiger partial charge in [-0.2, -0.15) is 0 Å². The van der Waals surface area contributed by atoms with E-state index in [4.69, 9.17) is 0 Å². The zero-order chi connectivity index (χ0) is 18.9. The van der Waals surface area contributed by atoms with E-state index >= 15 is 0 Å². The van der Waals surface area contributed by atoms with Gasteiger partial charge in [0.05, 0.1) is 8.07 Å². The Labute approximate surface area is 166 Å². The Bertz CT molecular complexity index is 378. The molecule has 0 amide bonds. The number of hydrogen-bond donors (Lipinski definition) is 0. The highest BCUT2D eigenvalue weighted by Gasteiger charge is 2.24. The van der Waals surface area contributed by atoms with Crippen LogP contribution in [0.2, 0.25) is 19.1 Å². The van der Waals surface area contributed by atoms with Crippen molar-refractivity contribution in [1.29, 1.82) is 0 Å². The fourth-order valence-electron chi connectivity index (χ4n) is 4.22. The Balaban J connectivity index is 1.78. The van der Waals surface area contributed by atoms with Gasteiger partial charge in [-0.1, -0.05) is 152 Å². The minimum absolute atomic E-state index is 1.10. The average Bonchev–Trinajstić information content (AvgIpc) is 3.17. The lowest BCUT2D eigenvalue weighted by Crippen LogP contribution is -2.27. The van der Waals surface area contributed by atoms with Crippen molar-refractivity contribution in [3.05, 3.63) is 23.4 Å². The van der Waals surface area contributed by atoms with Gasteiger partial charge >= 0.3 is 0 Å². The van der Waals surface area contributed by atoms with Gasteiger partial charge in [-0.05, 0) is 6.42 Å². The van der Waals surface area contributed by atoms with Crippen LogP contribution in [0.3, 0.4) is 0 Å². The molecule has 0 atom stereocenters. The van der Waals surface area contributed by atoms with E-state index < -0.39 is 8.07 Å². The minimum Gasteiger partial charge on any atom is -0.0815 e. The summed E-state index contributed by atoms with van der Waals surface area (Å²) in [5.41, 5.74) is 0. The van der Waals surface area contributed by atoms with Crippen LogP contribution in [0.25, 0.3) is 0 Å². The van der Waals surface area contributed by atoms with Crippen LogP contribution in [0, 0.1) is 0 Å². The Hall–Kier alpha value is -0.303. The third kappa shape index (κ3) is 12.2. The molecule has 0 unspecified atom stereocenters. The van der Waals surface area contributed by atoms with E-state index in [2.05, 4.69) is 38.2 Å². The third-order valence-electron chi connectivity index (χ3n) is 6.21. The Morgan fingerprint density at radius 2 is 1.08 bits per heavy atom. The summed E-state index contributed by atoms with van der Waals surface area (Å²) in [7, 11) is -1.10. The van der Waals surface area contributed by atoms with E-state index in [1.54, 1.807) is 5.20 Å². The molecule has 0 aliphatic heterocycles. The van der Waals surface area contributed by atoms with Gasteiger partial charge in [-0.3, -0.25) is 0 Å². The molecule has 0 nitrogen and oxygen atoms in total. The van der Waals surface area contributed by atoms with Crippen LogP contribution in [0.15, 0.2) is 23.4 Å². The smallest absolute Gasteiger partial charge is 0.0802 e. The SMILES string of the molecule is CCCCCCCCCCCCCCCCCC[Si](C)(C)C1=CCC=C1. The number of unbranched alkanes of at least 4 members (excludes halogenated alkanes) is 15. The van der Waals surface area contributed by atoms with Crippen LogP contribution < -0.4 is 0 Å². The fourth-order valence-corrected chi connectivity index (χ4v) is 6.88. The predicted octanol–water partition coefficient (Wildman–Crippen LogP) is 9.38. The molecule has 0 N–H and O–H groups in total. The third-order valence-corrected chi connectivity index (χ3v) is 9.75. The Morgan fingerprint density at radius 1 is 0.654 bits per heavy atom. The largest absolute Gasteiger partial charge is 0.0815 e. The second kappa shape index (κ2) is 15.7. The summed E-state index contributed by atoms with van der Waals surface area (Å²) in [5, 5.41) is 1.71. The van der Waals surface area contributed by atoms with Crippen molar-refractivity contribution in [2.75, 3.05) is 0 Å². The molecule has 1 rings (SSSR count). The fraction of sp³-hybridized carbons (Fsp3) is 0.840. The van der Waals surface area contributed by atoms with Crippen molar-refractivity contribution in [3.63, 3.8) is 0 Å². The summed E-state index contributed by atoms with van der Waals surface area (Å²) < 4.78 is 0. The molecule has 1 aliphatic carbocycles. The topological polar surface area (TPSA) is 0 Å². The van der Waals surface area contributed by atoms with Crippen molar-refractivity contribution in [3.8, 4) is 0 Å². The Kier molecular flexibility index (Phi) is 14.4. The van der Waals surface area contributed by atoms with Crippen molar-refractivity contribution < 1.29 is 0 Å². The van der Waals surface area contributed by atoms with Gasteiger partial charge in [0.25, 0.3) is 0 Å². The van der Waals surface area contributed by atoms with Crippen LogP contribution in [-0.2, 0) is 0 Å². The van der Waals surface area contributed by atoms with Gasteiger partial charge in [-0.25, -0.2) is 0 Å². The summed E-state index contributed by atoms with van der Waals surface area (Å²) in [4.78, 5) is 0. The molecule has 0 aromatic rings. The number of rotatable bonds is 18. The highest BCUT2D eigenvalue weighted by molar-refractivity contribution is 6.85. The van der Waals surface area contributed by atoms with Gasteiger partial charge in [-0.15, -0.1) is 0 Å². The summed E-state index contributed by atoms with van der Waals surface area (Å²) in [6.45, 7) is 7.41. The van der Waals surface area contributed by atoms with Crippen LogP contribution in [0.5, 0.6) is 0 Å². The van der Waals surface area contributed by atoms with Crippen molar-refractivity contribution in [2.45, 2.75) is 135 Å². The molecular weight excluding hydrogens is 328 g/mol. The van der Waals surface area contributed by atoms with E-state index in [9.17, 15) is 0 Å². The van der Waals surface area contributed by atoms with Crippen LogP contribution >= 0.6 is 0 Å². The molecule has 0 saturated heterocycles. The second-order valence-corrected chi connectivity index (χ2v) is 14.1. The maximum atomic E-state index is 2.56. The summed E-state index contributed by atoms with van der Waals surface area (Å²) in [5.74, 6) is 0. The van der Waals surface area contributed by atoms with Gasteiger partial charge in [0.1, 0.15) is 0 Å². The van der Waals surface area contributed by atoms with E-state index in [0.29, 0.717) is 0 Å². The molecule has 26 heavy (non-hydrogen) atoms. The quantitative estimate of drug-likeness (QED) is 0.165. The normalized spacial score (nSPS) is 14.2. The van der Waals surface area contributed by atoms with E-state index in [1.807, 2.05) is 0 Å². The van der Waals surface area contributed by atoms with Crippen LogP contribution in [0.1, 0.15) is 116 Å². The van der Waals surface area contributed by atoms with Gasteiger partial charge in [0.15, 0.2) is 0 Å². The second-order valence-electron chi connectivity index (χ2n) is 9.23.